The maximum Gasteiger partial charge on any atom is 0.182 e. The van der Waals surface area contributed by atoms with E-state index in [2.05, 4.69) is 13.8 Å². The molecule has 0 amide bonds. The third-order valence-corrected chi connectivity index (χ3v) is 2.73. The number of Topliss-reactive ketones (excluding diaryl/α,β-unsaturated/α-hetero) is 1. The minimum absolute atomic E-state index is 0.192. The van der Waals surface area contributed by atoms with Gasteiger partial charge in [0.25, 0.3) is 0 Å². The van der Waals surface area contributed by atoms with Gasteiger partial charge in [-0.05, 0) is 30.0 Å². The standard InChI is InChI=1S/C13H19NO2/c1-8(2)10-5-4-9(3)11(6-10)13(16)12(14)7-15/h4-6,8,12,15H,7,14H2,1-3H3. The Kier molecular flexibility index (Phi) is 4.21. The largest absolute Gasteiger partial charge is 0.394 e. The molecule has 0 bridgehead atoms. The maximum absolute atomic E-state index is 11.9. The second-order valence-corrected chi connectivity index (χ2v) is 4.38. The highest BCUT2D eigenvalue weighted by atomic mass is 16.3. The van der Waals surface area contributed by atoms with Gasteiger partial charge in [0.1, 0.15) is 0 Å². The van der Waals surface area contributed by atoms with E-state index in [1.54, 1.807) is 0 Å². The van der Waals surface area contributed by atoms with Gasteiger partial charge in [-0.25, -0.2) is 0 Å². The summed E-state index contributed by atoms with van der Waals surface area (Å²) in [6.07, 6.45) is 0. The first kappa shape index (κ1) is 12.9. The van der Waals surface area contributed by atoms with E-state index in [-0.39, 0.29) is 12.4 Å². The van der Waals surface area contributed by atoms with Gasteiger partial charge in [0.15, 0.2) is 5.78 Å². The van der Waals surface area contributed by atoms with Crippen molar-refractivity contribution in [3.05, 3.63) is 34.9 Å². The average molecular weight is 221 g/mol. The highest BCUT2D eigenvalue weighted by Gasteiger charge is 2.17. The van der Waals surface area contributed by atoms with Crippen LogP contribution >= 0.6 is 0 Å². The van der Waals surface area contributed by atoms with Gasteiger partial charge in [0, 0.05) is 5.56 Å². The topological polar surface area (TPSA) is 63.3 Å². The second kappa shape index (κ2) is 5.23. The molecule has 0 aliphatic rings. The van der Waals surface area contributed by atoms with Crippen LogP contribution in [0, 0.1) is 6.92 Å². The fraction of sp³-hybridized carbons (Fsp3) is 0.462. The minimum atomic E-state index is -0.818. The first-order valence-corrected chi connectivity index (χ1v) is 5.48. The molecule has 0 aliphatic carbocycles. The molecule has 0 saturated heterocycles. The number of hydrogen-bond acceptors (Lipinski definition) is 3. The molecule has 0 heterocycles. The zero-order valence-electron chi connectivity index (χ0n) is 10.0. The molecular weight excluding hydrogens is 202 g/mol. The van der Waals surface area contributed by atoms with Crippen LogP contribution in [0.25, 0.3) is 0 Å². The predicted molar refractivity (Wildman–Crippen MR) is 64.7 cm³/mol. The SMILES string of the molecule is Cc1ccc(C(C)C)cc1C(=O)C(N)CO. The molecule has 1 unspecified atom stereocenters. The van der Waals surface area contributed by atoms with Gasteiger partial charge in [-0.15, -0.1) is 0 Å². The van der Waals surface area contributed by atoms with Crippen LogP contribution in [0.3, 0.4) is 0 Å². The molecule has 1 rings (SSSR count). The number of nitrogens with two attached hydrogens (primary N) is 1. The van der Waals surface area contributed by atoms with E-state index in [4.69, 9.17) is 10.8 Å². The molecule has 0 radical (unpaired) electrons. The van der Waals surface area contributed by atoms with Crippen molar-refractivity contribution in [1.29, 1.82) is 0 Å². The minimum Gasteiger partial charge on any atom is -0.394 e. The summed E-state index contributed by atoms with van der Waals surface area (Å²) in [7, 11) is 0. The van der Waals surface area contributed by atoms with E-state index in [0.29, 0.717) is 11.5 Å². The fourth-order valence-electron chi connectivity index (χ4n) is 1.55. The molecule has 16 heavy (non-hydrogen) atoms. The lowest BCUT2D eigenvalue weighted by molar-refractivity contribution is 0.0924. The Morgan fingerprint density at radius 1 is 1.44 bits per heavy atom. The van der Waals surface area contributed by atoms with Crippen molar-refractivity contribution < 1.29 is 9.90 Å². The fourth-order valence-corrected chi connectivity index (χ4v) is 1.55. The number of ketones is 1. The Labute approximate surface area is 96.3 Å². The van der Waals surface area contributed by atoms with Gasteiger partial charge in [-0.2, -0.15) is 0 Å². The van der Waals surface area contributed by atoms with Gasteiger partial charge < -0.3 is 10.8 Å². The number of aliphatic hydroxyl groups is 1. The van der Waals surface area contributed by atoms with Crippen LogP contribution in [0.5, 0.6) is 0 Å². The quantitative estimate of drug-likeness (QED) is 0.759. The Morgan fingerprint density at radius 3 is 2.56 bits per heavy atom. The summed E-state index contributed by atoms with van der Waals surface area (Å²) in [6, 6.07) is 4.99. The number of rotatable bonds is 4. The van der Waals surface area contributed by atoms with E-state index < -0.39 is 6.04 Å². The highest BCUT2D eigenvalue weighted by molar-refractivity contribution is 6.01. The predicted octanol–water partition coefficient (Wildman–Crippen LogP) is 1.62. The van der Waals surface area contributed by atoms with Crippen molar-refractivity contribution in [3.8, 4) is 0 Å². The number of aliphatic hydroxyl groups excluding tert-OH is 1. The maximum atomic E-state index is 11.9. The first-order valence-electron chi connectivity index (χ1n) is 5.48. The molecule has 0 spiro atoms. The Balaban J connectivity index is 3.12. The molecule has 0 saturated carbocycles. The van der Waals surface area contributed by atoms with Crippen LogP contribution in [0.15, 0.2) is 18.2 Å². The lowest BCUT2D eigenvalue weighted by Crippen LogP contribution is -2.34. The molecular formula is C13H19NO2. The van der Waals surface area contributed by atoms with E-state index in [9.17, 15) is 4.79 Å². The number of carbonyl (C=O) groups excluding carboxylic acids is 1. The monoisotopic (exact) mass is 221 g/mol. The van der Waals surface area contributed by atoms with E-state index in [1.807, 2.05) is 25.1 Å². The van der Waals surface area contributed by atoms with E-state index in [0.717, 1.165) is 11.1 Å². The van der Waals surface area contributed by atoms with E-state index in [1.165, 1.54) is 0 Å². The molecule has 88 valence electrons. The normalized spacial score (nSPS) is 12.9. The summed E-state index contributed by atoms with van der Waals surface area (Å²) in [4.78, 5) is 11.9. The Morgan fingerprint density at radius 2 is 2.06 bits per heavy atom. The van der Waals surface area contributed by atoms with Crippen LogP contribution in [-0.4, -0.2) is 23.5 Å². The summed E-state index contributed by atoms with van der Waals surface area (Å²) in [5.74, 6) is 0.181. The average Bonchev–Trinajstić information content (AvgIpc) is 2.27. The number of carbonyl (C=O) groups is 1. The smallest absolute Gasteiger partial charge is 0.182 e. The molecule has 0 aliphatic heterocycles. The van der Waals surface area contributed by atoms with Crippen molar-refractivity contribution in [1.82, 2.24) is 0 Å². The van der Waals surface area contributed by atoms with Crippen molar-refractivity contribution in [2.75, 3.05) is 6.61 Å². The van der Waals surface area contributed by atoms with Gasteiger partial charge in [0.2, 0.25) is 0 Å². The molecule has 3 nitrogen and oxygen atoms in total. The summed E-state index contributed by atoms with van der Waals surface area (Å²) in [6.45, 7) is 5.71. The molecule has 1 aromatic rings. The summed E-state index contributed by atoms with van der Waals surface area (Å²) >= 11 is 0. The van der Waals surface area contributed by atoms with Gasteiger partial charge in [-0.1, -0.05) is 26.0 Å². The lowest BCUT2D eigenvalue weighted by Gasteiger charge is -2.13. The summed E-state index contributed by atoms with van der Waals surface area (Å²) in [5.41, 5.74) is 8.17. The van der Waals surface area contributed by atoms with Crippen molar-refractivity contribution >= 4 is 5.78 Å². The Bertz CT molecular complexity index is 386. The van der Waals surface area contributed by atoms with Crippen molar-refractivity contribution in [2.24, 2.45) is 5.73 Å². The number of hydrogen-bond donors (Lipinski definition) is 2. The zero-order chi connectivity index (χ0) is 12.3. The third kappa shape index (κ3) is 2.68. The number of aryl methyl sites for hydroxylation is 1. The molecule has 0 aromatic heterocycles. The molecule has 0 fully saturated rings. The van der Waals surface area contributed by atoms with Gasteiger partial charge >= 0.3 is 0 Å². The van der Waals surface area contributed by atoms with Crippen molar-refractivity contribution in [2.45, 2.75) is 32.7 Å². The van der Waals surface area contributed by atoms with Gasteiger partial charge in [-0.3, -0.25) is 4.79 Å². The third-order valence-electron chi connectivity index (χ3n) is 2.73. The summed E-state index contributed by atoms with van der Waals surface area (Å²) in [5, 5.41) is 8.89. The first-order chi connectivity index (χ1) is 7.47. The number of benzene rings is 1. The zero-order valence-corrected chi connectivity index (χ0v) is 10.0. The van der Waals surface area contributed by atoms with Crippen LogP contribution in [0.2, 0.25) is 0 Å². The van der Waals surface area contributed by atoms with Gasteiger partial charge in [0.05, 0.1) is 12.6 Å². The highest BCUT2D eigenvalue weighted by Crippen LogP contribution is 2.19. The molecule has 3 N–H and O–H groups in total. The summed E-state index contributed by atoms with van der Waals surface area (Å²) < 4.78 is 0. The molecule has 3 heteroatoms. The van der Waals surface area contributed by atoms with Crippen molar-refractivity contribution in [3.63, 3.8) is 0 Å². The van der Waals surface area contributed by atoms with Crippen LogP contribution in [0.4, 0.5) is 0 Å². The lowest BCUT2D eigenvalue weighted by atomic mass is 9.94. The van der Waals surface area contributed by atoms with Crippen LogP contribution in [0.1, 0.15) is 41.3 Å². The second-order valence-electron chi connectivity index (χ2n) is 4.38. The molecule has 1 aromatic carbocycles. The van der Waals surface area contributed by atoms with Crippen LogP contribution < -0.4 is 5.73 Å². The Hall–Kier alpha value is -1.19. The van der Waals surface area contributed by atoms with E-state index >= 15 is 0 Å². The molecule has 1 atom stereocenters. The van der Waals surface area contributed by atoms with Crippen LogP contribution in [-0.2, 0) is 0 Å².